The zero-order valence-corrected chi connectivity index (χ0v) is 25.0. The van der Waals surface area contributed by atoms with E-state index in [9.17, 15) is 19.2 Å². The number of nitriles is 1. The summed E-state index contributed by atoms with van der Waals surface area (Å²) in [5, 5.41) is 9.06. The van der Waals surface area contributed by atoms with E-state index in [2.05, 4.69) is 29.6 Å². The number of rotatable bonds is 9. The van der Waals surface area contributed by atoms with Crippen molar-refractivity contribution < 1.29 is 18.7 Å². The summed E-state index contributed by atoms with van der Waals surface area (Å²) in [5.74, 6) is -0.0204. The van der Waals surface area contributed by atoms with Gasteiger partial charge in [-0.1, -0.05) is 19.6 Å². The molecule has 0 bridgehead atoms. The van der Waals surface area contributed by atoms with Gasteiger partial charge in [0.1, 0.15) is 23.9 Å². The number of fused-ring (bicyclic) bond motifs is 1. The van der Waals surface area contributed by atoms with Crippen molar-refractivity contribution in [2.24, 2.45) is 0 Å². The second kappa shape index (κ2) is 13.2. The summed E-state index contributed by atoms with van der Waals surface area (Å²) in [6.45, 7) is 8.35. The standard InChI is InChI=1S/C31H37FN6O3S/c1-4-20-8-9-21(32)17-26(20)42-25-11-10-24-28(29(25)40)34-31(41-19-23-7-6-14-36(23)3)35-30(24)37-15-16-38(27(39)5-2)22(18-37)12-13-33/h5,8-9,17,22-23,25H,2,4,6-7,10-12,14-16,18-19H2,1,3H3/t22?,23?,25-/m1/s1. The van der Waals surface area contributed by atoms with Gasteiger partial charge in [0.05, 0.1) is 23.8 Å². The number of thioether (sulfide) groups is 1. The molecule has 1 aliphatic carbocycles. The highest BCUT2D eigenvalue weighted by atomic mass is 32.2. The molecule has 0 radical (unpaired) electrons. The maximum atomic E-state index is 14.1. The SMILES string of the molecule is C=CC(=O)N1CCN(c2nc(OCC3CCCN3C)nc3c2CC[C@@H](Sc2cc(F)ccc2CC)C3=O)CC1CC#N. The van der Waals surface area contributed by atoms with E-state index >= 15 is 0 Å². The second-order valence-corrected chi connectivity index (χ2v) is 12.3. The number of amides is 1. The van der Waals surface area contributed by atoms with Gasteiger partial charge in [-0.05, 0) is 69.5 Å². The first-order valence-corrected chi connectivity index (χ1v) is 15.5. The number of Topliss-reactive ketones (excluding diaryl/α,β-unsaturated/α-hetero) is 1. The Morgan fingerprint density at radius 2 is 2.10 bits per heavy atom. The second-order valence-electron chi connectivity index (χ2n) is 11.1. The van der Waals surface area contributed by atoms with E-state index in [1.807, 2.05) is 11.8 Å². The fourth-order valence-electron chi connectivity index (χ4n) is 6.06. The van der Waals surface area contributed by atoms with Crippen LogP contribution < -0.4 is 9.64 Å². The maximum absolute atomic E-state index is 14.1. The number of halogens is 1. The van der Waals surface area contributed by atoms with Crippen LogP contribution in [0.25, 0.3) is 0 Å². The quantitative estimate of drug-likeness (QED) is 0.399. The molecule has 2 fully saturated rings. The fourth-order valence-corrected chi connectivity index (χ4v) is 7.37. The summed E-state index contributed by atoms with van der Waals surface area (Å²) >= 11 is 1.40. The average molecular weight is 593 g/mol. The molecule has 0 saturated carbocycles. The summed E-state index contributed by atoms with van der Waals surface area (Å²) in [5.41, 5.74) is 2.11. The van der Waals surface area contributed by atoms with Gasteiger partial charge in [0.15, 0.2) is 5.78 Å². The molecule has 2 aliphatic heterocycles. The molecule has 0 N–H and O–H groups in total. The van der Waals surface area contributed by atoms with Crippen LogP contribution in [-0.2, 0) is 17.6 Å². The number of hydrogen-bond acceptors (Lipinski definition) is 9. The third-order valence-corrected chi connectivity index (χ3v) is 9.84. The lowest BCUT2D eigenvalue weighted by atomic mass is 9.94. The van der Waals surface area contributed by atoms with Gasteiger partial charge in [-0.15, -0.1) is 11.8 Å². The van der Waals surface area contributed by atoms with Gasteiger partial charge < -0.3 is 19.4 Å². The van der Waals surface area contributed by atoms with Crippen LogP contribution in [0.1, 0.15) is 54.2 Å². The Labute approximate surface area is 250 Å². The largest absolute Gasteiger partial charge is 0.462 e. The molecule has 42 heavy (non-hydrogen) atoms. The molecule has 1 aromatic carbocycles. The summed E-state index contributed by atoms with van der Waals surface area (Å²) in [6, 6.07) is 7.00. The Balaban J connectivity index is 1.46. The zero-order valence-electron chi connectivity index (χ0n) is 24.2. The zero-order chi connectivity index (χ0) is 29.8. The number of anilines is 1. The van der Waals surface area contributed by atoms with Crippen LogP contribution in [0, 0.1) is 17.1 Å². The summed E-state index contributed by atoms with van der Waals surface area (Å²) in [7, 11) is 2.07. The van der Waals surface area contributed by atoms with E-state index in [1.165, 1.54) is 30.0 Å². The van der Waals surface area contributed by atoms with Crippen LogP contribution >= 0.6 is 11.8 Å². The number of benzene rings is 1. The van der Waals surface area contributed by atoms with Crippen molar-refractivity contribution in [3.05, 3.63) is 53.5 Å². The van der Waals surface area contributed by atoms with Gasteiger partial charge in [0.25, 0.3) is 0 Å². The van der Waals surface area contributed by atoms with Gasteiger partial charge in [-0.3, -0.25) is 9.59 Å². The molecule has 0 spiro atoms. The minimum absolute atomic E-state index is 0.118. The highest BCUT2D eigenvalue weighted by Crippen LogP contribution is 2.39. The molecule has 9 nitrogen and oxygen atoms in total. The maximum Gasteiger partial charge on any atom is 0.319 e. The first-order chi connectivity index (χ1) is 20.3. The topological polar surface area (TPSA) is 103 Å². The van der Waals surface area contributed by atoms with Crippen LogP contribution in [0.15, 0.2) is 35.7 Å². The van der Waals surface area contributed by atoms with Gasteiger partial charge in [-0.25, -0.2) is 4.39 Å². The summed E-state index contributed by atoms with van der Waals surface area (Å²) in [6.07, 6.45) is 5.45. The number of likely N-dealkylation sites (tertiary alicyclic amines) is 1. The van der Waals surface area contributed by atoms with Crippen LogP contribution in [-0.4, -0.2) is 88.6 Å². The molecule has 1 amide bonds. The molecule has 11 heteroatoms. The normalized spacial score (nSPS) is 22.5. The molecule has 222 valence electrons. The van der Waals surface area contributed by atoms with Gasteiger partial charge >= 0.3 is 6.01 Å². The number of hydrogen-bond donors (Lipinski definition) is 0. The lowest BCUT2D eigenvalue weighted by Crippen LogP contribution is -2.55. The smallest absolute Gasteiger partial charge is 0.319 e. The van der Waals surface area contributed by atoms with Crippen molar-refractivity contribution in [1.29, 1.82) is 5.26 Å². The Kier molecular flexibility index (Phi) is 9.43. The number of aromatic nitrogens is 2. The van der Waals surface area contributed by atoms with E-state index in [0.717, 1.165) is 41.8 Å². The minimum atomic E-state index is -0.408. The van der Waals surface area contributed by atoms with E-state index in [1.54, 1.807) is 11.0 Å². The lowest BCUT2D eigenvalue weighted by Gasteiger charge is -2.41. The van der Waals surface area contributed by atoms with Gasteiger partial charge in [-0.2, -0.15) is 15.2 Å². The van der Waals surface area contributed by atoms with Crippen LogP contribution in [0.3, 0.4) is 0 Å². The van der Waals surface area contributed by atoms with Crippen molar-refractivity contribution >= 4 is 29.3 Å². The molecule has 2 unspecified atom stereocenters. The van der Waals surface area contributed by atoms with Crippen LogP contribution in [0.4, 0.5) is 10.2 Å². The average Bonchev–Trinajstić information content (AvgIpc) is 3.41. The summed E-state index contributed by atoms with van der Waals surface area (Å²) in [4.78, 5) is 42.7. The number of likely N-dealkylation sites (N-methyl/N-ethyl adjacent to an activating group) is 1. The van der Waals surface area contributed by atoms with Crippen molar-refractivity contribution in [3.63, 3.8) is 0 Å². The third-order valence-electron chi connectivity index (χ3n) is 8.47. The van der Waals surface area contributed by atoms with Crippen molar-refractivity contribution in [1.82, 2.24) is 19.8 Å². The van der Waals surface area contributed by atoms with Crippen molar-refractivity contribution in [2.75, 3.05) is 44.7 Å². The number of carbonyl (C=O) groups is 2. The van der Waals surface area contributed by atoms with E-state index in [0.29, 0.717) is 50.6 Å². The predicted molar refractivity (Wildman–Crippen MR) is 159 cm³/mol. The Bertz CT molecular complexity index is 1400. The van der Waals surface area contributed by atoms with E-state index < -0.39 is 5.25 Å². The van der Waals surface area contributed by atoms with Gasteiger partial charge in [0, 0.05) is 36.1 Å². The van der Waals surface area contributed by atoms with Gasteiger partial charge in [0.2, 0.25) is 5.91 Å². The fraction of sp³-hybridized carbons (Fsp3) is 0.516. The van der Waals surface area contributed by atoms with Crippen LogP contribution in [0.2, 0.25) is 0 Å². The van der Waals surface area contributed by atoms with E-state index in [-0.39, 0.29) is 42.0 Å². The number of carbonyl (C=O) groups excluding carboxylic acids is 2. The predicted octanol–water partition coefficient (Wildman–Crippen LogP) is 4.06. The molecule has 2 saturated heterocycles. The number of aryl methyl sites for hydroxylation is 1. The van der Waals surface area contributed by atoms with Crippen LogP contribution in [0.5, 0.6) is 6.01 Å². The Morgan fingerprint density at radius 1 is 1.26 bits per heavy atom. The number of nitrogens with zero attached hydrogens (tertiary/aromatic N) is 6. The Hall–Kier alpha value is -3.49. The number of ketones is 1. The Morgan fingerprint density at radius 3 is 2.81 bits per heavy atom. The highest BCUT2D eigenvalue weighted by molar-refractivity contribution is 8.00. The molecule has 1 aromatic heterocycles. The molecular formula is C31H37FN6O3S. The molecule has 2 aromatic rings. The van der Waals surface area contributed by atoms with Crippen molar-refractivity contribution in [3.8, 4) is 12.1 Å². The first kappa shape index (κ1) is 30.0. The van der Waals surface area contributed by atoms with E-state index in [4.69, 9.17) is 9.72 Å². The lowest BCUT2D eigenvalue weighted by molar-refractivity contribution is -0.128. The number of piperazine rings is 1. The number of ether oxygens (including phenoxy) is 1. The minimum Gasteiger partial charge on any atom is -0.462 e. The molecule has 3 aliphatic rings. The molecule has 3 heterocycles. The third kappa shape index (κ3) is 6.30. The molecule has 3 atom stereocenters. The first-order valence-electron chi connectivity index (χ1n) is 14.6. The highest BCUT2D eigenvalue weighted by Gasteiger charge is 2.37. The summed E-state index contributed by atoms with van der Waals surface area (Å²) < 4.78 is 20.3. The van der Waals surface area contributed by atoms with Crippen molar-refractivity contribution in [2.45, 2.75) is 67.7 Å². The monoisotopic (exact) mass is 592 g/mol. The molecular weight excluding hydrogens is 555 g/mol. The molecule has 5 rings (SSSR count).